The molecular formula is C17H18BrN3O2S2. The molecule has 25 heavy (non-hydrogen) atoms. The smallest absolute Gasteiger partial charge is 0.253 e. The van der Waals surface area contributed by atoms with E-state index in [1.165, 1.54) is 15.6 Å². The van der Waals surface area contributed by atoms with E-state index in [1.807, 2.05) is 43.5 Å². The molecule has 8 heteroatoms. The summed E-state index contributed by atoms with van der Waals surface area (Å²) in [5.41, 5.74) is 1.82. The molecule has 0 radical (unpaired) electrons. The fraction of sp³-hybridized carbons (Fsp3) is 0.235. The minimum atomic E-state index is -3.59. The van der Waals surface area contributed by atoms with Gasteiger partial charge in [-0.2, -0.15) is 9.40 Å². The van der Waals surface area contributed by atoms with Crippen molar-refractivity contribution in [2.75, 3.05) is 0 Å². The van der Waals surface area contributed by atoms with Gasteiger partial charge in [-0.15, -0.1) is 11.3 Å². The number of nitrogens with zero attached hydrogens (tertiary/aromatic N) is 3. The molecule has 0 bridgehead atoms. The van der Waals surface area contributed by atoms with Gasteiger partial charge in [0, 0.05) is 31.4 Å². The lowest BCUT2D eigenvalue weighted by Gasteiger charge is -2.21. The van der Waals surface area contributed by atoms with E-state index in [-0.39, 0.29) is 6.54 Å². The lowest BCUT2D eigenvalue weighted by atomic mass is 10.2. The van der Waals surface area contributed by atoms with Crippen LogP contribution in [0, 0.1) is 0 Å². The Morgan fingerprint density at radius 2 is 1.84 bits per heavy atom. The van der Waals surface area contributed by atoms with Crippen LogP contribution in [0.4, 0.5) is 0 Å². The summed E-state index contributed by atoms with van der Waals surface area (Å²) in [7, 11) is -3.59. The van der Waals surface area contributed by atoms with Crippen LogP contribution in [0.2, 0.25) is 0 Å². The Morgan fingerprint density at radius 3 is 2.44 bits per heavy atom. The quantitative estimate of drug-likeness (QED) is 0.556. The molecule has 0 unspecified atom stereocenters. The Morgan fingerprint density at radius 1 is 1.12 bits per heavy atom. The highest BCUT2D eigenvalue weighted by Crippen LogP contribution is 2.30. The first-order valence-corrected chi connectivity index (χ1v) is 10.8. The summed E-state index contributed by atoms with van der Waals surface area (Å²) >= 11 is 4.56. The SMILES string of the molecule is CCn1cc(CN(Cc2ccccc2)S(=O)(=O)c2ccc(Br)s2)cn1. The highest BCUT2D eigenvalue weighted by atomic mass is 79.9. The largest absolute Gasteiger partial charge is 0.273 e. The van der Waals surface area contributed by atoms with Crippen molar-refractivity contribution in [3.8, 4) is 0 Å². The maximum Gasteiger partial charge on any atom is 0.253 e. The van der Waals surface area contributed by atoms with Gasteiger partial charge in [-0.25, -0.2) is 8.42 Å². The average molecular weight is 440 g/mol. The standard InChI is InChI=1S/C17H18BrN3O2S2/c1-2-20-11-15(10-19-20)13-21(12-14-6-4-3-5-7-14)25(22,23)17-9-8-16(18)24-17/h3-11H,2,12-13H2,1H3. The van der Waals surface area contributed by atoms with Crippen molar-refractivity contribution in [1.29, 1.82) is 0 Å². The van der Waals surface area contributed by atoms with Gasteiger partial charge in [-0.3, -0.25) is 4.68 Å². The molecule has 0 saturated carbocycles. The number of benzene rings is 1. The van der Waals surface area contributed by atoms with Gasteiger partial charge < -0.3 is 0 Å². The zero-order valence-electron chi connectivity index (χ0n) is 13.7. The van der Waals surface area contributed by atoms with Gasteiger partial charge in [0.25, 0.3) is 10.0 Å². The maximum absolute atomic E-state index is 13.1. The topological polar surface area (TPSA) is 55.2 Å². The van der Waals surface area contributed by atoms with E-state index in [1.54, 1.807) is 23.0 Å². The second kappa shape index (κ2) is 7.82. The van der Waals surface area contributed by atoms with Crippen molar-refractivity contribution in [2.24, 2.45) is 0 Å². The number of sulfonamides is 1. The van der Waals surface area contributed by atoms with Crippen LogP contribution in [0.25, 0.3) is 0 Å². The molecular weight excluding hydrogens is 422 g/mol. The fourth-order valence-corrected chi connectivity index (χ4v) is 6.02. The molecule has 3 rings (SSSR count). The van der Waals surface area contributed by atoms with Crippen LogP contribution in [0.5, 0.6) is 0 Å². The van der Waals surface area contributed by atoms with Gasteiger partial charge in [-0.05, 0) is 40.5 Å². The first-order valence-electron chi connectivity index (χ1n) is 7.80. The zero-order chi connectivity index (χ0) is 17.9. The Labute approximate surface area is 160 Å². The minimum Gasteiger partial charge on any atom is -0.273 e. The third-order valence-electron chi connectivity index (χ3n) is 3.71. The summed E-state index contributed by atoms with van der Waals surface area (Å²) < 4.78 is 30.7. The van der Waals surface area contributed by atoms with Crippen molar-refractivity contribution in [3.63, 3.8) is 0 Å². The van der Waals surface area contributed by atoms with Crippen molar-refractivity contribution >= 4 is 37.3 Å². The van der Waals surface area contributed by atoms with Crippen LogP contribution in [0.3, 0.4) is 0 Å². The van der Waals surface area contributed by atoms with Crippen molar-refractivity contribution in [1.82, 2.24) is 14.1 Å². The van der Waals surface area contributed by atoms with Crippen LogP contribution in [0.15, 0.2) is 62.9 Å². The van der Waals surface area contributed by atoms with Crippen molar-refractivity contribution < 1.29 is 8.42 Å². The van der Waals surface area contributed by atoms with Crippen LogP contribution in [-0.2, 0) is 29.7 Å². The molecule has 0 spiro atoms. The Hall–Kier alpha value is -1.48. The van der Waals surface area contributed by atoms with Gasteiger partial charge in [0.1, 0.15) is 4.21 Å². The molecule has 0 amide bonds. The van der Waals surface area contributed by atoms with E-state index in [0.717, 1.165) is 21.5 Å². The molecule has 0 saturated heterocycles. The lowest BCUT2D eigenvalue weighted by Crippen LogP contribution is -2.29. The van der Waals surface area contributed by atoms with Crippen LogP contribution < -0.4 is 0 Å². The number of aryl methyl sites for hydroxylation is 1. The molecule has 0 fully saturated rings. The third kappa shape index (κ3) is 4.38. The van der Waals surface area contributed by atoms with E-state index < -0.39 is 10.0 Å². The predicted molar refractivity (Wildman–Crippen MR) is 103 cm³/mol. The van der Waals surface area contributed by atoms with E-state index in [0.29, 0.717) is 10.8 Å². The summed E-state index contributed by atoms with van der Waals surface area (Å²) in [6.07, 6.45) is 3.61. The first kappa shape index (κ1) is 18.3. The number of hydrogen-bond acceptors (Lipinski definition) is 4. The number of aromatic nitrogens is 2. The van der Waals surface area contributed by atoms with Gasteiger partial charge in [0.05, 0.1) is 9.98 Å². The summed E-state index contributed by atoms with van der Waals surface area (Å²) in [6.45, 7) is 3.35. The predicted octanol–water partition coefficient (Wildman–Crippen LogP) is 4.12. The van der Waals surface area contributed by atoms with E-state index >= 15 is 0 Å². The fourth-order valence-electron chi connectivity index (χ4n) is 2.44. The Bertz CT molecular complexity index is 936. The first-order chi connectivity index (χ1) is 12.0. The number of thiophene rings is 1. The summed E-state index contributed by atoms with van der Waals surface area (Å²) in [4.78, 5) is 0. The molecule has 1 aromatic carbocycles. The molecule has 0 atom stereocenters. The monoisotopic (exact) mass is 439 g/mol. The van der Waals surface area contributed by atoms with E-state index in [2.05, 4.69) is 21.0 Å². The van der Waals surface area contributed by atoms with Gasteiger partial charge in [0.15, 0.2) is 0 Å². The molecule has 2 heterocycles. The van der Waals surface area contributed by atoms with Gasteiger partial charge in [-0.1, -0.05) is 30.3 Å². The van der Waals surface area contributed by atoms with Crippen molar-refractivity contribution in [2.45, 2.75) is 30.8 Å². The zero-order valence-corrected chi connectivity index (χ0v) is 16.9. The van der Waals surface area contributed by atoms with E-state index in [9.17, 15) is 8.42 Å². The molecule has 3 aromatic rings. The minimum absolute atomic E-state index is 0.284. The lowest BCUT2D eigenvalue weighted by molar-refractivity contribution is 0.402. The normalized spacial score (nSPS) is 12.0. The third-order valence-corrected chi connectivity index (χ3v) is 7.60. The van der Waals surface area contributed by atoms with Crippen molar-refractivity contribution in [3.05, 3.63) is 69.8 Å². The summed E-state index contributed by atoms with van der Waals surface area (Å²) in [5, 5.41) is 4.24. The van der Waals surface area contributed by atoms with E-state index in [4.69, 9.17) is 0 Å². The summed E-state index contributed by atoms with van der Waals surface area (Å²) in [6, 6.07) is 13.0. The van der Waals surface area contributed by atoms with Crippen LogP contribution >= 0.6 is 27.3 Å². The molecule has 0 aliphatic carbocycles. The average Bonchev–Trinajstić information content (AvgIpc) is 3.24. The molecule has 0 aliphatic heterocycles. The second-order valence-corrected chi connectivity index (χ2v) is 10.1. The molecule has 2 aromatic heterocycles. The number of rotatable bonds is 7. The van der Waals surface area contributed by atoms with Crippen LogP contribution in [-0.4, -0.2) is 22.5 Å². The second-order valence-electron chi connectivity index (χ2n) is 5.52. The number of halogens is 1. The highest BCUT2D eigenvalue weighted by molar-refractivity contribution is 9.11. The molecule has 0 aliphatic rings. The van der Waals surface area contributed by atoms with Gasteiger partial charge in [0.2, 0.25) is 0 Å². The molecule has 5 nitrogen and oxygen atoms in total. The molecule has 132 valence electrons. The maximum atomic E-state index is 13.1. The Kier molecular flexibility index (Phi) is 5.73. The Balaban J connectivity index is 1.93. The highest BCUT2D eigenvalue weighted by Gasteiger charge is 2.27. The van der Waals surface area contributed by atoms with Crippen LogP contribution in [0.1, 0.15) is 18.1 Å². The van der Waals surface area contributed by atoms with Gasteiger partial charge >= 0.3 is 0 Å². The number of hydrogen-bond donors (Lipinski definition) is 0. The summed E-state index contributed by atoms with van der Waals surface area (Å²) in [5.74, 6) is 0. The molecule has 0 N–H and O–H groups in total.